The van der Waals surface area contributed by atoms with Crippen LogP contribution in [0.3, 0.4) is 0 Å². The lowest BCUT2D eigenvalue weighted by Gasteiger charge is -1.98. The molecule has 0 aliphatic carbocycles. The summed E-state index contributed by atoms with van der Waals surface area (Å²) in [6.45, 7) is 2.11. The molecule has 0 bridgehead atoms. The van der Waals surface area contributed by atoms with Gasteiger partial charge in [-0.05, 0) is 6.42 Å². The van der Waals surface area contributed by atoms with Crippen LogP contribution < -0.4 is 0 Å². The van der Waals surface area contributed by atoms with Gasteiger partial charge in [-0.25, -0.2) is 9.97 Å². The van der Waals surface area contributed by atoms with Gasteiger partial charge in [-0.15, -0.1) is 11.3 Å². The highest BCUT2D eigenvalue weighted by Crippen LogP contribution is 2.26. The molecule has 4 aromatic rings. The van der Waals surface area contributed by atoms with Crippen LogP contribution in [0.1, 0.15) is 11.9 Å². The Morgan fingerprint density at radius 1 is 1.00 bits per heavy atom. The van der Waals surface area contributed by atoms with Crippen molar-refractivity contribution in [2.75, 3.05) is 0 Å². The molecule has 0 saturated carbocycles. The van der Waals surface area contributed by atoms with Crippen molar-refractivity contribution in [3.05, 3.63) is 53.2 Å². The third-order valence-electron chi connectivity index (χ3n) is 3.50. The van der Waals surface area contributed by atoms with Gasteiger partial charge in [0.15, 0.2) is 0 Å². The molecule has 4 rings (SSSR count). The third-order valence-corrected chi connectivity index (χ3v) is 4.49. The lowest BCUT2D eigenvalue weighted by atomic mass is 10.1. The molecule has 0 radical (unpaired) electrons. The number of hydrogen-bond acceptors (Lipinski definition) is 7. The summed E-state index contributed by atoms with van der Waals surface area (Å²) < 4.78 is 5.26. The molecule has 0 aliphatic heterocycles. The average molecular weight is 335 g/mol. The standard InChI is InChI=1S/C17H13N5OS/c1-2-15-20-14(10-24-15)11-3-5-12(6-4-11)16-21-17(23-22-16)13-9-18-7-8-19-13/h3-10H,2H2,1H3. The van der Waals surface area contributed by atoms with Gasteiger partial charge in [-0.2, -0.15) is 4.98 Å². The van der Waals surface area contributed by atoms with E-state index in [-0.39, 0.29) is 0 Å². The Hall–Kier alpha value is -2.93. The van der Waals surface area contributed by atoms with Crippen LogP contribution in [0.5, 0.6) is 0 Å². The summed E-state index contributed by atoms with van der Waals surface area (Å²) in [4.78, 5) is 17.1. The Kier molecular flexibility index (Phi) is 3.84. The van der Waals surface area contributed by atoms with E-state index in [2.05, 4.69) is 37.4 Å². The molecular formula is C17H13N5OS. The molecule has 3 heterocycles. The van der Waals surface area contributed by atoms with Crippen LogP contribution in [0.4, 0.5) is 0 Å². The van der Waals surface area contributed by atoms with E-state index < -0.39 is 0 Å². The highest BCUT2D eigenvalue weighted by Gasteiger charge is 2.12. The van der Waals surface area contributed by atoms with Gasteiger partial charge in [-0.1, -0.05) is 36.3 Å². The van der Waals surface area contributed by atoms with Gasteiger partial charge in [0.2, 0.25) is 5.82 Å². The quantitative estimate of drug-likeness (QED) is 0.563. The Labute approximate surface area is 142 Å². The molecule has 7 heteroatoms. The highest BCUT2D eigenvalue weighted by atomic mass is 32.1. The van der Waals surface area contributed by atoms with Crippen molar-refractivity contribution >= 4 is 11.3 Å². The van der Waals surface area contributed by atoms with Crippen molar-refractivity contribution in [1.82, 2.24) is 25.1 Å². The van der Waals surface area contributed by atoms with Gasteiger partial charge >= 0.3 is 0 Å². The van der Waals surface area contributed by atoms with Gasteiger partial charge in [0.25, 0.3) is 5.89 Å². The first-order chi connectivity index (χ1) is 11.8. The van der Waals surface area contributed by atoms with E-state index in [0.29, 0.717) is 17.4 Å². The van der Waals surface area contributed by atoms with Crippen LogP contribution in [-0.2, 0) is 6.42 Å². The second kappa shape index (κ2) is 6.29. The lowest BCUT2D eigenvalue weighted by molar-refractivity contribution is 0.431. The zero-order chi connectivity index (χ0) is 16.4. The SMILES string of the molecule is CCc1nc(-c2ccc(-c3noc(-c4cnccn4)n3)cc2)cs1. The van der Waals surface area contributed by atoms with Crippen LogP contribution in [0.25, 0.3) is 34.2 Å². The van der Waals surface area contributed by atoms with Crippen molar-refractivity contribution in [3.8, 4) is 34.2 Å². The molecule has 0 amide bonds. The summed E-state index contributed by atoms with van der Waals surface area (Å²) in [6.07, 6.45) is 5.74. The zero-order valence-corrected chi connectivity index (χ0v) is 13.7. The van der Waals surface area contributed by atoms with E-state index in [1.807, 2.05) is 24.3 Å². The first kappa shape index (κ1) is 14.6. The Balaban J connectivity index is 1.60. The maximum Gasteiger partial charge on any atom is 0.278 e. The third kappa shape index (κ3) is 2.81. The first-order valence-electron chi connectivity index (χ1n) is 7.49. The van der Waals surface area contributed by atoms with E-state index in [9.17, 15) is 0 Å². The minimum absolute atomic E-state index is 0.356. The average Bonchev–Trinajstić information content (AvgIpc) is 3.32. The fourth-order valence-corrected chi connectivity index (χ4v) is 3.00. The summed E-state index contributed by atoms with van der Waals surface area (Å²) >= 11 is 1.68. The van der Waals surface area contributed by atoms with Crippen molar-refractivity contribution < 1.29 is 4.52 Å². The second-order valence-electron chi connectivity index (χ2n) is 5.07. The number of benzene rings is 1. The van der Waals surface area contributed by atoms with E-state index in [1.165, 1.54) is 0 Å². The zero-order valence-electron chi connectivity index (χ0n) is 12.9. The van der Waals surface area contributed by atoms with E-state index in [4.69, 9.17) is 4.52 Å². The number of aryl methyl sites for hydroxylation is 1. The largest absolute Gasteiger partial charge is 0.332 e. The Morgan fingerprint density at radius 3 is 2.54 bits per heavy atom. The van der Waals surface area contributed by atoms with Gasteiger partial charge in [-0.3, -0.25) is 4.98 Å². The molecule has 6 nitrogen and oxygen atoms in total. The number of aromatic nitrogens is 5. The topological polar surface area (TPSA) is 77.6 Å². The van der Waals surface area contributed by atoms with Crippen molar-refractivity contribution in [3.63, 3.8) is 0 Å². The summed E-state index contributed by atoms with van der Waals surface area (Å²) in [5.74, 6) is 0.879. The maximum atomic E-state index is 5.26. The van der Waals surface area contributed by atoms with E-state index in [1.54, 1.807) is 29.9 Å². The van der Waals surface area contributed by atoms with Crippen LogP contribution >= 0.6 is 11.3 Å². The molecule has 0 unspecified atom stereocenters. The molecule has 1 aromatic carbocycles. The van der Waals surface area contributed by atoms with Gasteiger partial charge < -0.3 is 4.52 Å². The molecule has 3 aromatic heterocycles. The monoisotopic (exact) mass is 335 g/mol. The molecule has 24 heavy (non-hydrogen) atoms. The molecule has 0 N–H and O–H groups in total. The van der Waals surface area contributed by atoms with Crippen molar-refractivity contribution in [1.29, 1.82) is 0 Å². The predicted molar refractivity (Wildman–Crippen MR) is 91.2 cm³/mol. The predicted octanol–water partition coefficient (Wildman–Crippen LogP) is 3.88. The lowest BCUT2D eigenvalue weighted by Crippen LogP contribution is -1.85. The van der Waals surface area contributed by atoms with Crippen molar-refractivity contribution in [2.24, 2.45) is 0 Å². The van der Waals surface area contributed by atoms with Crippen LogP contribution in [-0.4, -0.2) is 25.1 Å². The minimum atomic E-state index is 0.356. The Morgan fingerprint density at radius 2 is 1.83 bits per heavy atom. The second-order valence-corrected chi connectivity index (χ2v) is 6.01. The van der Waals surface area contributed by atoms with Gasteiger partial charge in [0.1, 0.15) is 5.69 Å². The van der Waals surface area contributed by atoms with E-state index >= 15 is 0 Å². The van der Waals surface area contributed by atoms with Crippen LogP contribution in [0.15, 0.2) is 52.8 Å². The summed E-state index contributed by atoms with van der Waals surface area (Å²) in [7, 11) is 0. The number of hydrogen-bond donors (Lipinski definition) is 0. The molecule has 0 spiro atoms. The maximum absolute atomic E-state index is 5.26. The fraction of sp³-hybridized carbons (Fsp3) is 0.118. The molecule has 0 fully saturated rings. The number of thiazole rings is 1. The number of nitrogens with zero attached hydrogens (tertiary/aromatic N) is 5. The normalized spacial score (nSPS) is 10.9. The smallest absolute Gasteiger partial charge is 0.278 e. The van der Waals surface area contributed by atoms with Crippen molar-refractivity contribution in [2.45, 2.75) is 13.3 Å². The number of rotatable bonds is 4. The highest BCUT2D eigenvalue weighted by molar-refractivity contribution is 7.09. The molecule has 0 atom stereocenters. The van der Waals surface area contributed by atoms with Gasteiger partial charge in [0, 0.05) is 28.9 Å². The fourth-order valence-electron chi connectivity index (χ4n) is 2.25. The minimum Gasteiger partial charge on any atom is -0.332 e. The molecule has 118 valence electrons. The summed E-state index contributed by atoms with van der Waals surface area (Å²) in [5.41, 5.74) is 3.51. The summed E-state index contributed by atoms with van der Waals surface area (Å²) in [6, 6.07) is 7.96. The first-order valence-corrected chi connectivity index (χ1v) is 8.37. The van der Waals surface area contributed by atoms with Crippen LogP contribution in [0.2, 0.25) is 0 Å². The van der Waals surface area contributed by atoms with Gasteiger partial charge in [0.05, 0.1) is 16.9 Å². The summed E-state index contributed by atoms with van der Waals surface area (Å²) in [5, 5.41) is 7.23. The van der Waals surface area contributed by atoms with E-state index in [0.717, 1.165) is 28.2 Å². The van der Waals surface area contributed by atoms with Crippen LogP contribution in [0, 0.1) is 0 Å². The molecule has 0 aliphatic rings. The molecule has 0 saturated heterocycles. The Bertz CT molecular complexity index is 947. The molecular weight excluding hydrogens is 322 g/mol.